The molecule has 0 N–H and O–H groups in total. The van der Waals surface area contributed by atoms with Gasteiger partial charge in [0.2, 0.25) is 0 Å². The molecule has 0 saturated heterocycles. The van der Waals surface area contributed by atoms with Crippen molar-refractivity contribution >= 4 is 5.97 Å². The number of hydrogen-bond acceptors (Lipinski definition) is 4. The molecule has 0 radical (unpaired) electrons. The van der Waals surface area contributed by atoms with Crippen molar-refractivity contribution in [1.29, 1.82) is 0 Å². The maximum atomic E-state index is 12.7. The molecule has 0 bridgehead atoms. The third-order valence-corrected chi connectivity index (χ3v) is 5.26. The lowest BCUT2D eigenvalue weighted by Crippen LogP contribution is -2.43. The van der Waals surface area contributed by atoms with E-state index in [0.717, 1.165) is 12.8 Å². The van der Waals surface area contributed by atoms with Gasteiger partial charge in [0.25, 0.3) is 0 Å². The van der Waals surface area contributed by atoms with E-state index < -0.39 is 5.60 Å². The fourth-order valence-corrected chi connectivity index (χ4v) is 3.65. The summed E-state index contributed by atoms with van der Waals surface area (Å²) >= 11 is 0. The van der Waals surface area contributed by atoms with Gasteiger partial charge in [-0.15, -0.1) is 0 Å². The molecule has 0 fully saturated rings. The van der Waals surface area contributed by atoms with Gasteiger partial charge >= 0.3 is 5.97 Å². The van der Waals surface area contributed by atoms with Crippen LogP contribution in [0, 0.1) is 10.8 Å². The van der Waals surface area contributed by atoms with E-state index in [9.17, 15) is 4.79 Å². The topological polar surface area (TPSA) is 44.8 Å². The minimum atomic E-state index is -0.914. The first-order valence-corrected chi connectivity index (χ1v) is 10.8. The van der Waals surface area contributed by atoms with E-state index >= 15 is 0 Å². The van der Waals surface area contributed by atoms with Crippen LogP contribution < -0.4 is 0 Å². The molecule has 0 aliphatic rings. The van der Waals surface area contributed by atoms with Crippen LogP contribution in [0.5, 0.6) is 0 Å². The SMILES string of the molecule is CCCC(C)(C)CC(C)(C)COC(C)(CC)C(=O)OCC(C)OC(C)CC. The molecule has 4 nitrogen and oxygen atoms in total. The molecule has 0 spiro atoms. The summed E-state index contributed by atoms with van der Waals surface area (Å²) in [4.78, 5) is 12.7. The number of carbonyl (C=O) groups is 1. The Morgan fingerprint density at radius 1 is 0.926 bits per heavy atom. The van der Waals surface area contributed by atoms with E-state index in [1.807, 2.05) is 27.7 Å². The Bertz CT molecular complexity index is 430. The van der Waals surface area contributed by atoms with Gasteiger partial charge < -0.3 is 14.2 Å². The summed E-state index contributed by atoms with van der Waals surface area (Å²) in [5.74, 6) is -0.298. The Labute approximate surface area is 168 Å². The lowest BCUT2D eigenvalue weighted by molar-refractivity contribution is -0.179. The molecule has 3 unspecified atom stereocenters. The molecule has 0 aromatic heterocycles. The Morgan fingerprint density at radius 2 is 1.52 bits per heavy atom. The second-order valence-electron chi connectivity index (χ2n) is 9.89. The van der Waals surface area contributed by atoms with E-state index in [0.29, 0.717) is 13.0 Å². The van der Waals surface area contributed by atoms with Gasteiger partial charge in [0.05, 0.1) is 18.8 Å². The van der Waals surface area contributed by atoms with Crippen molar-refractivity contribution in [3.8, 4) is 0 Å². The zero-order valence-electron chi connectivity index (χ0n) is 19.7. The van der Waals surface area contributed by atoms with Crippen LogP contribution >= 0.6 is 0 Å². The highest BCUT2D eigenvalue weighted by Gasteiger charge is 2.37. The summed E-state index contributed by atoms with van der Waals surface area (Å²) < 4.78 is 17.4. The predicted octanol–water partition coefficient (Wildman–Crippen LogP) is 6.16. The largest absolute Gasteiger partial charge is 0.461 e. The van der Waals surface area contributed by atoms with Crippen molar-refractivity contribution in [2.24, 2.45) is 10.8 Å². The van der Waals surface area contributed by atoms with Crippen LogP contribution in [0.2, 0.25) is 0 Å². The summed E-state index contributed by atoms with van der Waals surface area (Å²) in [5.41, 5.74) is -0.641. The first-order chi connectivity index (χ1) is 12.3. The molecule has 4 heteroatoms. The van der Waals surface area contributed by atoms with Gasteiger partial charge in [0.15, 0.2) is 5.60 Å². The maximum Gasteiger partial charge on any atom is 0.338 e. The van der Waals surface area contributed by atoms with Gasteiger partial charge in [-0.2, -0.15) is 0 Å². The van der Waals surface area contributed by atoms with Crippen LogP contribution in [-0.4, -0.2) is 37.0 Å². The Balaban J connectivity index is 4.70. The number of esters is 1. The Morgan fingerprint density at radius 3 is 2.00 bits per heavy atom. The van der Waals surface area contributed by atoms with Crippen LogP contribution in [0.3, 0.4) is 0 Å². The van der Waals surface area contributed by atoms with Crippen LogP contribution in [0.4, 0.5) is 0 Å². The zero-order valence-corrected chi connectivity index (χ0v) is 19.7. The molecular weight excluding hydrogens is 340 g/mol. The van der Waals surface area contributed by atoms with E-state index in [2.05, 4.69) is 41.5 Å². The molecule has 162 valence electrons. The molecule has 0 rings (SSSR count). The Hall–Kier alpha value is -0.610. The van der Waals surface area contributed by atoms with Gasteiger partial charge in [0, 0.05) is 0 Å². The molecule has 0 aliphatic heterocycles. The average Bonchev–Trinajstić information content (AvgIpc) is 2.56. The third kappa shape index (κ3) is 10.5. The van der Waals surface area contributed by atoms with Gasteiger partial charge in [-0.3, -0.25) is 0 Å². The first kappa shape index (κ1) is 26.4. The van der Waals surface area contributed by atoms with Gasteiger partial charge in [0.1, 0.15) is 6.61 Å². The van der Waals surface area contributed by atoms with Crippen LogP contribution in [0.15, 0.2) is 0 Å². The molecule has 27 heavy (non-hydrogen) atoms. The third-order valence-electron chi connectivity index (χ3n) is 5.26. The predicted molar refractivity (Wildman–Crippen MR) is 113 cm³/mol. The van der Waals surface area contributed by atoms with Crippen LogP contribution in [0.1, 0.15) is 101 Å². The van der Waals surface area contributed by atoms with Gasteiger partial charge in [-0.1, -0.05) is 54.9 Å². The summed E-state index contributed by atoms with van der Waals surface area (Å²) in [5, 5.41) is 0. The van der Waals surface area contributed by atoms with Crippen molar-refractivity contribution in [1.82, 2.24) is 0 Å². The average molecular weight is 387 g/mol. The highest BCUT2D eigenvalue weighted by molar-refractivity contribution is 5.79. The Kier molecular flexibility index (Phi) is 11.1. The highest BCUT2D eigenvalue weighted by Crippen LogP contribution is 2.38. The maximum absolute atomic E-state index is 12.7. The van der Waals surface area contributed by atoms with Crippen molar-refractivity contribution < 1.29 is 19.0 Å². The minimum absolute atomic E-state index is 0.00232. The van der Waals surface area contributed by atoms with Crippen LogP contribution in [-0.2, 0) is 19.0 Å². The van der Waals surface area contributed by atoms with E-state index in [-0.39, 0.29) is 35.6 Å². The van der Waals surface area contributed by atoms with Gasteiger partial charge in [-0.25, -0.2) is 4.79 Å². The molecule has 0 aromatic rings. The zero-order chi connectivity index (χ0) is 21.3. The van der Waals surface area contributed by atoms with E-state index in [1.165, 1.54) is 12.8 Å². The minimum Gasteiger partial charge on any atom is -0.461 e. The van der Waals surface area contributed by atoms with E-state index in [4.69, 9.17) is 14.2 Å². The normalized spacial score (nSPS) is 17.3. The second-order valence-corrected chi connectivity index (χ2v) is 9.89. The fraction of sp³-hybridized carbons (Fsp3) is 0.957. The standard InChI is InChI=1S/C23H46O4/c1-11-14-21(6,7)16-22(8,9)17-26-23(10,13-3)20(24)25-15-19(5)27-18(4)12-2/h18-19H,11-17H2,1-10H3. The first-order valence-electron chi connectivity index (χ1n) is 10.8. The summed E-state index contributed by atoms with van der Waals surface area (Å²) in [7, 11) is 0. The number of rotatable bonds is 14. The smallest absolute Gasteiger partial charge is 0.338 e. The lowest BCUT2D eigenvalue weighted by Gasteiger charge is -2.37. The summed E-state index contributed by atoms with van der Waals surface area (Å²) in [6, 6.07) is 0. The van der Waals surface area contributed by atoms with Gasteiger partial charge in [-0.05, 0) is 57.3 Å². The molecule has 0 saturated carbocycles. The molecular formula is C23H46O4. The fourth-order valence-electron chi connectivity index (χ4n) is 3.65. The summed E-state index contributed by atoms with van der Waals surface area (Å²) in [6.07, 6.45) is 5.01. The lowest BCUT2D eigenvalue weighted by atomic mass is 9.73. The van der Waals surface area contributed by atoms with Crippen LogP contribution in [0.25, 0.3) is 0 Å². The monoisotopic (exact) mass is 386 g/mol. The number of hydrogen-bond donors (Lipinski definition) is 0. The summed E-state index contributed by atoms with van der Waals surface area (Å²) in [6.45, 7) is 21.9. The molecule has 0 amide bonds. The molecule has 0 heterocycles. The number of carbonyl (C=O) groups excluding carboxylic acids is 1. The van der Waals surface area contributed by atoms with Crippen molar-refractivity contribution in [2.45, 2.75) is 119 Å². The quantitative estimate of drug-likeness (QED) is 0.335. The second kappa shape index (κ2) is 11.4. The molecule has 0 aromatic carbocycles. The highest BCUT2D eigenvalue weighted by atomic mass is 16.6. The van der Waals surface area contributed by atoms with Crippen molar-refractivity contribution in [2.75, 3.05) is 13.2 Å². The number of ether oxygens (including phenoxy) is 3. The van der Waals surface area contributed by atoms with Crippen molar-refractivity contribution in [3.05, 3.63) is 0 Å². The van der Waals surface area contributed by atoms with E-state index in [1.54, 1.807) is 0 Å². The molecule has 0 aliphatic carbocycles. The van der Waals surface area contributed by atoms with Crippen molar-refractivity contribution in [3.63, 3.8) is 0 Å². The molecule has 3 atom stereocenters.